The first-order valence-electron chi connectivity index (χ1n) is 4.55. The number of carbonyl (C=O) groups excluding carboxylic acids is 1. The number of nitriles is 1. The zero-order chi connectivity index (χ0) is 11.1. The van der Waals surface area contributed by atoms with Crippen molar-refractivity contribution < 1.29 is 9.53 Å². The van der Waals surface area contributed by atoms with Crippen molar-refractivity contribution in [1.82, 2.24) is 0 Å². The fourth-order valence-electron chi connectivity index (χ4n) is 1.02. The zero-order valence-corrected chi connectivity index (χ0v) is 9.21. The monoisotopic (exact) mass is 221 g/mol. The second kappa shape index (κ2) is 6.10. The molecular formula is C11H11NO2S. The minimum atomic E-state index is -0.254. The Morgan fingerprint density at radius 1 is 1.53 bits per heavy atom. The lowest BCUT2D eigenvalue weighted by Crippen LogP contribution is -2.06. The van der Waals surface area contributed by atoms with Crippen LogP contribution in [0.4, 0.5) is 0 Å². The fraction of sp³-hybridized carbons (Fsp3) is 0.273. The third kappa shape index (κ3) is 3.64. The third-order valence-electron chi connectivity index (χ3n) is 1.66. The lowest BCUT2D eigenvalue weighted by molar-refractivity contribution is -0.139. The van der Waals surface area contributed by atoms with Crippen molar-refractivity contribution >= 4 is 17.7 Å². The molecule has 15 heavy (non-hydrogen) atoms. The van der Waals surface area contributed by atoms with Gasteiger partial charge in [-0.15, -0.1) is 11.8 Å². The summed E-state index contributed by atoms with van der Waals surface area (Å²) in [5, 5.41) is 8.81. The molecule has 1 rings (SSSR count). The molecular weight excluding hydrogens is 210 g/mol. The van der Waals surface area contributed by atoms with E-state index in [4.69, 9.17) is 10.00 Å². The van der Waals surface area contributed by atoms with Crippen molar-refractivity contribution in [2.24, 2.45) is 0 Å². The Balaban J connectivity index is 2.58. The summed E-state index contributed by atoms with van der Waals surface area (Å²) in [7, 11) is 0. The molecule has 0 bridgehead atoms. The number of carbonyl (C=O) groups is 1. The molecule has 0 spiro atoms. The molecule has 0 saturated carbocycles. The van der Waals surface area contributed by atoms with E-state index >= 15 is 0 Å². The Bertz CT molecular complexity index is 384. The molecule has 0 fully saturated rings. The van der Waals surface area contributed by atoms with Gasteiger partial charge in [-0.25, -0.2) is 0 Å². The van der Waals surface area contributed by atoms with Gasteiger partial charge in [0, 0.05) is 4.90 Å². The molecule has 3 nitrogen and oxygen atoms in total. The summed E-state index contributed by atoms with van der Waals surface area (Å²) in [6.07, 6.45) is 0. The molecule has 0 aliphatic rings. The van der Waals surface area contributed by atoms with Gasteiger partial charge >= 0.3 is 5.97 Å². The van der Waals surface area contributed by atoms with Gasteiger partial charge in [0.25, 0.3) is 0 Å². The highest BCUT2D eigenvalue weighted by Gasteiger charge is 2.06. The number of nitrogens with zero attached hydrogens (tertiary/aromatic N) is 1. The molecule has 0 aromatic heterocycles. The smallest absolute Gasteiger partial charge is 0.316 e. The number of hydrogen-bond donors (Lipinski definition) is 0. The van der Waals surface area contributed by atoms with Crippen LogP contribution < -0.4 is 0 Å². The molecule has 0 unspecified atom stereocenters. The number of rotatable bonds is 4. The quantitative estimate of drug-likeness (QED) is 0.577. The van der Waals surface area contributed by atoms with Crippen molar-refractivity contribution in [2.45, 2.75) is 11.8 Å². The SMILES string of the molecule is CCOC(=O)CSc1ccccc1C#N. The van der Waals surface area contributed by atoms with E-state index in [1.807, 2.05) is 12.1 Å². The molecule has 0 saturated heterocycles. The Labute approximate surface area is 93.0 Å². The Kier molecular flexibility index (Phi) is 4.72. The minimum absolute atomic E-state index is 0.243. The average molecular weight is 221 g/mol. The summed E-state index contributed by atoms with van der Waals surface area (Å²) in [6.45, 7) is 2.16. The van der Waals surface area contributed by atoms with Crippen molar-refractivity contribution in [2.75, 3.05) is 12.4 Å². The van der Waals surface area contributed by atoms with Gasteiger partial charge in [-0.1, -0.05) is 12.1 Å². The first-order valence-corrected chi connectivity index (χ1v) is 5.54. The normalized spacial score (nSPS) is 9.33. The topological polar surface area (TPSA) is 50.1 Å². The van der Waals surface area contributed by atoms with E-state index < -0.39 is 0 Å². The molecule has 0 aliphatic carbocycles. The minimum Gasteiger partial charge on any atom is -0.465 e. The molecule has 0 N–H and O–H groups in total. The van der Waals surface area contributed by atoms with E-state index in [1.54, 1.807) is 19.1 Å². The van der Waals surface area contributed by atoms with Crippen LogP contribution in [0.5, 0.6) is 0 Å². The van der Waals surface area contributed by atoms with E-state index in [-0.39, 0.29) is 11.7 Å². The standard InChI is InChI=1S/C11H11NO2S/c1-2-14-11(13)8-15-10-6-4-3-5-9(10)7-12/h3-6H,2,8H2,1H3. The van der Waals surface area contributed by atoms with Gasteiger partial charge in [0.05, 0.1) is 17.9 Å². The second-order valence-electron chi connectivity index (χ2n) is 2.70. The van der Waals surface area contributed by atoms with Gasteiger partial charge in [-0.3, -0.25) is 4.79 Å². The maximum absolute atomic E-state index is 11.1. The summed E-state index contributed by atoms with van der Waals surface area (Å²) in [6, 6.07) is 9.27. The number of hydrogen-bond acceptors (Lipinski definition) is 4. The van der Waals surface area contributed by atoms with Crippen LogP contribution in [0, 0.1) is 11.3 Å². The van der Waals surface area contributed by atoms with Crippen LogP contribution in [-0.2, 0) is 9.53 Å². The second-order valence-corrected chi connectivity index (χ2v) is 3.72. The van der Waals surface area contributed by atoms with Gasteiger partial charge < -0.3 is 4.74 Å². The molecule has 78 valence electrons. The van der Waals surface area contributed by atoms with E-state index in [0.29, 0.717) is 12.2 Å². The van der Waals surface area contributed by atoms with Crippen molar-refractivity contribution in [3.05, 3.63) is 29.8 Å². The van der Waals surface area contributed by atoms with Gasteiger partial charge in [-0.05, 0) is 19.1 Å². The summed E-state index contributed by atoms with van der Waals surface area (Å²) in [5.74, 6) is -0.0118. The van der Waals surface area contributed by atoms with Crippen LogP contribution in [-0.4, -0.2) is 18.3 Å². The van der Waals surface area contributed by atoms with Gasteiger partial charge in [0.1, 0.15) is 6.07 Å². The Morgan fingerprint density at radius 3 is 2.93 bits per heavy atom. The molecule has 1 aromatic rings. The van der Waals surface area contributed by atoms with Crippen LogP contribution in [0.25, 0.3) is 0 Å². The lowest BCUT2D eigenvalue weighted by Gasteiger charge is -2.03. The van der Waals surface area contributed by atoms with Crippen LogP contribution in [0.2, 0.25) is 0 Å². The van der Waals surface area contributed by atoms with E-state index in [9.17, 15) is 4.79 Å². The number of esters is 1. The number of benzene rings is 1. The molecule has 0 atom stereocenters. The van der Waals surface area contributed by atoms with Gasteiger partial charge in [-0.2, -0.15) is 5.26 Å². The molecule has 0 aliphatic heterocycles. The van der Waals surface area contributed by atoms with Crippen LogP contribution in [0.3, 0.4) is 0 Å². The average Bonchev–Trinajstić information content (AvgIpc) is 2.27. The predicted octanol–water partition coefficient (Wildman–Crippen LogP) is 2.21. The summed E-state index contributed by atoms with van der Waals surface area (Å²) < 4.78 is 4.79. The largest absolute Gasteiger partial charge is 0.465 e. The van der Waals surface area contributed by atoms with E-state index in [0.717, 1.165) is 4.90 Å². The highest BCUT2D eigenvalue weighted by atomic mass is 32.2. The van der Waals surface area contributed by atoms with Gasteiger partial charge in [0.2, 0.25) is 0 Å². The number of thioether (sulfide) groups is 1. The summed E-state index contributed by atoms with van der Waals surface area (Å²) >= 11 is 1.32. The molecule has 0 radical (unpaired) electrons. The first-order chi connectivity index (χ1) is 7.27. The van der Waals surface area contributed by atoms with Crippen molar-refractivity contribution in [1.29, 1.82) is 5.26 Å². The van der Waals surface area contributed by atoms with Gasteiger partial charge in [0.15, 0.2) is 0 Å². The van der Waals surface area contributed by atoms with Crippen molar-refractivity contribution in [3.8, 4) is 6.07 Å². The van der Waals surface area contributed by atoms with Crippen molar-refractivity contribution in [3.63, 3.8) is 0 Å². The first kappa shape index (κ1) is 11.6. The highest BCUT2D eigenvalue weighted by molar-refractivity contribution is 8.00. The Morgan fingerprint density at radius 2 is 2.27 bits per heavy atom. The Hall–Kier alpha value is -1.47. The highest BCUT2D eigenvalue weighted by Crippen LogP contribution is 2.21. The summed E-state index contributed by atoms with van der Waals surface area (Å²) in [4.78, 5) is 11.9. The van der Waals surface area contributed by atoms with E-state index in [1.165, 1.54) is 11.8 Å². The maximum atomic E-state index is 11.1. The molecule has 0 heterocycles. The van der Waals surface area contributed by atoms with Crippen LogP contribution in [0.1, 0.15) is 12.5 Å². The number of ether oxygens (including phenoxy) is 1. The molecule has 1 aromatic carbocycles. The van der Waals surface area contributed by atoms with Crippen LogP contribution in [0.15, 0.2) is 29.2 Å². The zero-order valence-electron chi connectivity index (χ0n) is 8.40. The van der Waals surface area contributed by atoms with E-state index in [2.05, 4.69) is 6.07 Å². The maximum Gasteiger partial charge on any atom is 0.316 e. The van der Waals surface area contributed by atoms with Crippen LogP contribution >= 0.6 is 11.8 Å². The fourth-order valence-corrected chi connectivity index (χ4v) is 1.82. The molecule has 0 amide bonds. The predicted molar refractivity (Wildman–Crippen MR) is 58.5 cm³/mol. The molecule has 4 heteroatoms. The lowest BCUT2D eigenvalue weighted by atomic mass is 10.2. The third-order valence-corrected chi connectivity index (χ3v) is 2.71. The summed E-state index contributed by atoms with van der Waals surface area (Å²) in [5.41, 5.74) is 0.590.